The maximum Gasteiger partial charge on any atom is 1.00 e. The standard InChI is InChI=1S/C15H24N2O17P2.2Na/c18-3-5-8(20)10(22)12(24)14(32-5)33-36(28,29)34-35(26,27)30-4-6-9(21)11(23)13(31-6)17-2-1-7(19)16-15(17)25;;/h1-2,5-6,8-14,18,20-24H,3-4H2,(H,26,27)(H,28,29)(H,16,19,25);;/q;2*+1/p-2/t5?,6-,8+,9+,10-,11?,12?,13-,14-;;/m1../s1. The van der Waals surface area contributed by atoms with E-state index in [0.29, 0.717) is 4.57 Å². The zero-order valence-corrected chi connectivity index (χ0v) is 25.6. The van der Waals surface area contributed by atoms with Crippen LogP contribution in [0.1, 0.15) is 6.23 Å². The van der Waals surface area contributed by atoms with E-state index in [0.717, 1.165) is 12.3 Å². The van der Waals surface area contributed by atoms with Crippen molar-refractivity contribution < 1.29 is 132 Å². The smallest absolute Gasteiger partial charge is 0.756 e. The molecule has 3 rings (SSSR count). The Morgan fingerprint density at radius 2 is 1.53 bits per heavy atom. The SMILES string of the molecule is O=c1ccn([C@@H]2O[C@H](COP(=O)([O-])OP(=O)([O-])O[C@H]3OC(CO)[C@H](O)[C@@H](O)C3O)[C@H](O)C2O)c(=O)[nH]1.[Na+].[Na+]. The number of aliphatic hydroxyl groups excluding tert-OH is 6. The minimum absolute atomic E-state index is 0. The Bertz CT molecular complexity index is 1140. The third-order valence-electron chi connectivity index (χ3n) is 5.14. The van der Waals surface area contributed by atoms with Gasteiger partial charge in [0.05, 0.1) is 13.2 Å². The molecule has 38 heavy (non-hydrogen) atoms. The van der Waals surface area contributed by atoms with Gasteiger partial charge in [-0.2, -0.15) is 0 Å². The predicted octanol–water partition coefficient (Wildman–Crippen LogP) is -12.0. The van der Waals surface area contributed by atoms with Crippen molar-refractivity contribution in [3.63, 3.8) is 0 Å². The van der Waals surface area contributed by atoms with Gasteiger partial charge in [-0.05, 0) is 0 Å². The molecule has 11 atom stereocenters. The number of phosphoric ester groups is 2. The first-order chi connectivity index (χ1) is 16.7. The Labute approximate surface area is 256 Å². The van der Waals surface area contributed by atoms with Gasteiger partial charge in [-0.1, -0.05) is 0 Å². The summed E-state index contributed by atoms with van der Waals surface area (Å²) in [5.41, 5.74) is -1.78. The molecule has 2 fully saturated rings. The van der Waals surface area contributed by atoms with Crippen LogP contribution >= 0.6 is 15.6 Å². The second kappa shape index (κ2) is 14.7. The van der Waals surface area contributed by atoms with Gasteiger partial charge in [0.1, 0.15) is 42.7 Å². The molecule has 5 unspecified atom stereocenters. The summed E-state index contributed by atoms with van der Waals surface area (Å²) in [6.07, 6.45) is -15.8. The largest absolute Gasteiger partial charge is 1.00 e. The van der Waals surface area contributed by atoms with Crippen LogP contribution in [0.2, 0.25) is 0 Å². The molecule has 0 saturated carbocycles. The maximum absolute atomic E-state index is 12.0. The number of aliphatic hydroxyl groups is 6. The molecule has 0 bridgehead atoms. The normalized spacial score (nSPS) is 36.4. The van der Waals surface area contributed by atoms with E-state index in [1.807, 2.05) is 4.98 Å². The molecule has 0 aromatic carbocycles. The number of nitrogens with zero attached hydrogens (tertiary/aromatic N) is 1. The Kier molecular flexibility index (Phi) is 14.2. The average Bonchev–Trinajstić information content (AvgIpc) is 3.06. The molecule has 0 spiro atoms. The summed E-state index contributed by atoms with van der Waals surface area (Å²) in [7, 11) is -11.7. The number of hydrogen-bond acceptors (Lipinski definition) is 17. The number of ether oxygens (including phenoxy) is 2. The maximum atomic E-state index is 12.0. The van der Waals surface area contributed by atoms with Gasteiger partial charge in [0, 0.05) is 12.3 Å². The quantitative estimate of drug-likeness (QED) is 0.101. The van der Waals surface area contributed by atoms with Gasteiger partial charge in [0.2, 0.25) is 0 Å². The van der Waals surface area contributed by atoms with E-state index < -0.39 is 95.4 Å². The Morgan fingerprint density at radius 3 is 2.11 bits per heavy atom. The molecule has 2 saturated heterocycles. The number of nitrogens with one attached hydrogen (secondary N) is 1. The molecule has 7 N–H and O–H groups in total. The number of hydrogen-bond donors (Lipinski definition) is 7. The number of rotatable bonds is 9. The van der Waals surface area contributed by atoms with Crippen molar-refractivity contribution in [3.05, 3.63) is 33.1 Å². The molecular formula is C15H22N2Na2O17P2. The van der Waals surface area contributed by atoms with E-state index in [2.05, 4.69) is 13.4 Å². The number of aromatic nitrogens is 2. The van der Waals surface area contributed by atoms with Crippen molar-refractivity contribution in [2.45, 2.75) is 55.2 Å². The number of H-pyrrole nitrogens is 1. The molecule has 0 radical (unpaired) electrons. The Hall–Kier alpha value is 0.620. The zero-order valence-electron chi connectivity index (χ0n) is 19.8. The third-order valence-corrected chi connectivity index (χ3v) is 7.67. The van der Waals surface area contributed by atoms with Crippen LogP contribution in [0.5, 0.6) is 0 Å². The molecule has 19 nitrogen and oxygen atoms in total. The minimum atomic E-state index is -5.90. The Morgan fingerprint density at radius 1 is 0.921 bits per heavy atom. The summed E-state index contributed by atoms with van der Waals surface area (Å²) in [6.45, 7) is -2.05. The van der Waals surface area contributed by atoms with Crippen LogP contribution in [0.25, 0.3) is 0 Å². The van der Waals surface area contributed by atoms with Gasteiger partial charge >= 0.3 is 64.8 Å². The summed E-state index contributed by atoms with van der Waals surface area (Å²) in [4.78, 5) is 48.9. The zero-order chi connectivity index (χ0) is 27.0. The summed E-state index contributed by atoms with van der Waals surface area (Å²) in [6, 6.07) is 0.911. The van der Waals surface area contributed by atoms with E-state index in [-0.39, 0.29) is 59.1 Å². The van der Waals surface area contributed by atoms with Gasteiger partial charge < -0.3 is 54.4 Å². The summed E-state index contributed by atoms with van der Waals surface area (Å²) in [5, 5.41) is 58.4. The molecule has 1 aromatic rings. The van der Waals surface area contributed by atoms with Gasteiger partial charge in [0.15, 0.2) is 12.5 Å². The van der Waals surface area contributed by atoms with E-state index >= 15 is 0 Å². The first-order valence-electron chi connectivity index (χ1n) is 9.96. The second-order valence-corrected chi connectivity index (χ2v) is 10.5. The first kappa shape index (κ1) is 36.6. The van der Waals surface area contributed by atoms with Crippen LogP contribution in [0, 0.1) is 0 Å². The molecule has 2 aliphatic heterocycles. The summed E-state index contributed by atoms with van der Waals surface area (Å²) >= 11 is 0. The van der Waals surface area contributed by atoms with Crippen LogP contribution in [-0.4, -0.2) is 102 Å². The van der Waals surface area contributed by atoms with Crippen LogP contribution < -0.4 is 80.2 Å². The minimum Gasteiger partial charge on any atom is -0.756 e. The third kappa shape index (κ3) is 8.81. The van der Waals surface area contributed by atoms with Gasteiger partial charge in [-0.25, -0.2) is 9.11 Å². The fraction of sp³-hybridized carbons (Fsp3) is 0.733. The second-order valence-electron chi connectivity index (χ2n) is 7.64. The molecule has 2 aliphatic rings. The molecule has 1 aromatic heterocycles. The van der Waals surface area contributed by atoms with Crippen molar-refractivity contribution in [2.75, 3.05) is 13.2 Å². The number of phosphoric acid groups is 2. The van der Waals surface area contributed by atoms with Crippen molar-refractivity contribution in [2.24, 2.45) is 0 Å². The van der Waals surface area contributed by atoms with Crippen LogP contribution in [-0.2, 0) is 32.0 Å². The molecule has 3 heterocycles. The average molecular weight is 610 g/mol. The monoisotopic (exact) mass is 610 g/mol. The van der Waals surface area contributed by atoms with Gasteiger partial charge in [-0.15, -0.1) is 0 Å². The fourth-order valence-corrected chi connectivity index (χ4v) is 5.42. The molecule has 23 heteroatoms. The Balaban J connectivity index is 0.00000361. The first-order valence-corrected chi connectivity index (χ1v) is 12.9. The van der Waals surface area contributed by atoms with Crippen LogP contribution in [0.15, 0.2) is 21.9 Å². The molecule has 0 amide bonds. The van der Waals surface area contributed by atoms with E-state index in [4.69, 9.17) is 14.6 Å². The molecule has 206 valence electrons. The topological polar surface area (TPSA) is 303 Å². The fourth-order valence-electron chi connectivity index (χ4n) is 3.34. The summed E-state index contributed by atoms with van der Waals surface area (Å²) in [5.74, 6) is 0. The molecule has 0 aliphatic carbocycles. The van der Waals surface area contributed by atoms with Crippen LogP contribution in [0.3, 0.4) is 0 Å². The van der Waals surface area contributed by atoms with Gasteiger partial charge in [0.25, 0.3) is 21.2 Å². The predicted molar refractivity (Wildman–Crippen MR) is 104 cm³/mol. The van der Waals surface area contributed by atoms with E-state index in [1.54, 1.807) is 0 Å². The van der Waals surface area contributed by atoms with Crippen molar-refractivity contribution in [1.29, 1.82) is 0 Å². The summed E-state index contributed by atoms with van der Waals surface area (Å²) < 4.78 is 47.1. The molecular weight excluding hydrogens is 588 g/mol. The van der Waals surface area contributed by atoms with Crippen molar-refractivity contribution >= 4 is 15.6 Å². The number of aromatic amines is 1. The van der Waals surface area contributed by atoms with Crippen molar-refractivity contribution in [1.82, 2.24) is 9.55 Å². The van der Waals surface area contributed by atoms with Crippen molar-refractivity contribution in [3.8, 4) is 0 Å². The van der Waals surface area contributed by atoms with Crippen LogP contribution in [0.4, 0.5) is 0 Å². The van der Waals surface area contributed by atoms with Gasteiger partial charge in [-0.3, -0.25) is 28.0 Å². The van der Waals surface area contributed by atoms with E-state index in [9.17, 15) is 54.0 Å². The van der Waals surface area contributed by atoms with E-state index in [1.165, 1.54) is 0 Å².